The lowest BCUT2D eigenvalue weighted by molar-refractivity contribution is -0.137. The predicted molar refractivity (Wildman–Crippen MR) is 114 cm³/mol. The number of fused-ring (bicyclic) bond motifs is 1. The Labute approximate surface area is 193 Å². The van der Waals surface area contributed by atoms with Crippen molar-refractivity contribution in [1.82, 2.24) is 29.9 Å². The summed E-state index contributed by atoms with van der Waals surface area (Å²) in [6.07, 6.45) is -0.292. The highest BCUT2D eigenvalue weighted by atomic mass is 19.4. The molecule has 178 valence electrons. The molecule has 1 amide bonds. The Kier molecular flexibility index (Phi) is 5.49. The van der Waals surface area contributed by atoms with E-state index >= 15 is 0 Å². The monoisotopic (exact) mass is 472 g/mol. The minimum Gasteiger partial charge on any atom is -0.475 e. The fourth-order valence-corrected chi connectivity index (χ4v) is 4.38. The summed E-state index contributed by atoms with van der Waals surface area (Å²) in [5.74, 6) is 0.818. The lowest BCUT2D eigenvalue weighted by Crippen LogP contribution is -2.48. The summed E-state index contributed by atoms with van der Waals surface area (Å²) in [5.41, 5.74) is 1.32. The van der Waals surface area contributed by atoms with Crippen LogP contribution in [0.2, 0.25) is 0 Å². The number of ether oxygens (including phenoxy) is 1. The van der Waals surface area contributed by atoms with Gasteiger partial charge in [0.2, 0.25) is 5.88 Å². The minimum atomic E-state index is -4.46. The number of nitrogens with zero attached hydrogens (tertiary/aromatic N) is 6. The number of halogens is 3. The Bertz CT molecular complexity index is 1210. The molecule has 3 aromatic rings. The number of amides is 1. The first-order valence-corrected chi connectivity index (χ1v) is 11.0. The zero-order valence-electron chi connectivity index (χ0n) is 18.7. The molecule has 3 aromatic heterocycles. The fourth-order valence-electron chi connectivity index (χ4n) is 4.38. The van der Waals surface area contributed by atoms with Crippen LogP contribution in [0.15, 0.2) is 36.7 Å². The van der Waals surface area contributed by atoms with E-state index < -0.39 is 11.7 Å². The molecule has 34 heavy (non-hydrogen) atoms. The largest absolute Gasteiger partial charge is 0.475 e. The highest BCUT2D eigenvalue weighted by molar-refractivity contribution is 5.96. The van der Waals surface area contributed by atoms with Gasteiger partial charge in [-0.1, -0.05) is 0 Å². The molecule has 1 saturated heterocycles. The second-order valence-corrected chi connectivity index (χ2v) is 8.89. The number of aromatic nitrogens is 5. The molecule has 2 aliphatic rings. The third-order valence-corrected chi connectivity index (χ3v) is 6.30. The molecular weight excluding hydrogens is 449 g/mol. The average molecular weight is 472 g/mol. The lowest BCUT2D eigenvalue weighted by atomic mass is 10.0. The molecule has 0 radical (unpaired) electrons. The van der Waals surface area contributed by atoms with Crippen LogP contribution in [-0.4, -0.2) is 55.0 Å². The second kappa shape index (κ2) is 8.37. The number of carbonyl (C=O) groups is 1. The van der Waals surface area contributed by atoms with Gasteiger partial charge in [0.25, 0.3) is 5.91 Å². The standard InChI is InChI=1S/C23H23F3N6O2/c1-13-3-5-19(32-28-9-14(2)30-32)21(29-13)22(33)31-11-16-7-15(16)8-18(31)12-34-20-6-4-17(10-27-20)23(24,25)26/h3-6,9-10,15-16,18H,7-8,11-12H2,1-2H3/t15-,16+,18+/m1/s1. The molecule has 1 saturated carbocycles. The number of carbonyl (C=O) groups excluding carboxylic acids is 1. The molecule has 2 fully saturated rings. The van der Waals surface area contributed by atoms with Crippen molar-refractivity contribution in [2.24, 2.45) is 11.8 Å². The van der Waals surface area contributed by atoms with Crippen LogP contribution in [0.1, 0.15) is 40.3 Å². The Morgan fingerprint density at radius 3 is 2.59 bits per heavy atom. The number of piperidine rings is 1. The fraction of sp³-hybridized carbons (Fsp3) is 0.435. The van der Waals surface area contributed by atoms with Gasteiger partial charge >= 0.3 is 6.18 Å². The molecule has 5 rings (SSSR count). The van der Waals surface area contributed by atoms with E-state index in [2.05, 4.69) is 20.2 Å². The van der Waals surface area contributed by atoms with Crippen molar-refractivity contribution in [3.63, 3.8) is 0 Å². The summed E-state index contributed by atoms with van der Waals surface area (Å²) in [6.45, 7) is 4.34. The molecule has 4 heterocycles. The van der Waals surface area contributed by atoms with Crippen molar-refractivity contribution in [3.05, 3.63) is 59.3 Å². The van der Waals surface area contributed by atoms with Crippen LogP contribution in [0.3, 0.4) is 0 Å². The maximum Gasteiger partial charge on any atom is 0.417 e. The Balaban J connectivity index is 1.37. The van der Waals surface area contributed by atoms with Gasteiger partial charge in [0.1, 0.15) is 12.3 Å². The number of hydrogen-bond acceptors (Lipinski definition) is 6. The van der Waals surface area contributed by atoms with Crippen LogP contribution in [-0.2, 0) is 6.18 Å². The Morgan fingerprint density at radius 2 is 1.91 bits per heavy atom. The van der Waals surface area contributed by atoms with Crippen LogP contribution < -0.4 is 4.74 Å². The van der Waals surface area contributed by atoms with Gasteiger partial charge in [0.15, 0.2) is 5.69 Å². The van der Waals surface area contributed by atoms with Crippen molar-refractivity contribution in [2.45, 2.75) is 38.9 Å². The van der Waals surface area contributed by atoms with Crippen molar-refractivity contribution < 1.29 is 22.7 Å². The summed E-state index contributed by atoms with van der Waals surface area (Å²) in [4.78, 5) is 25.1. The van der Waals surface area contributed by atoms with Gasteiger partial charge in [-0.05, 0) is 56.7 Å². The number of likely N-dealkylation sites (tertiary alicyclic amines) is 1. The van der Waals surface area contributed by atoms with Crippen LogP contribution in [0, 0.1) is 25.7 Å². The number of rotatable bonds is 5. The van der Waals surface area contributed by atoms with E-state index in [1.807, 2.05) is 13.8 Å². The van der Waals surface area contributed by atoms with Crippen LogP contribution in [0.25, 0.3) is 5.69 Å². The zero-order valence-corrected chi connectivity index (χ0v) is 18.7. The predicted octanol–water partition coefficient (Wildman–Crippen LogP) is 3.62. The second-order valence-electron chi connectivity index (χ2n) is 8.89. The normalized spacial score (nSPS) is 21.8. The number of hydrogen-bond donors (Lipinski definition) is 0. The highest BCUT2D eigenvalue weighted by Crippen LogP contribution is 2.47. The molecule has 0 spiro atoms. The summed E-state index contributed by atoms with van der Waals surface area (Å²) in [7, 11) is 0. The Hall–Kier alpha value is -3.50. The molecule has 3 atom stereocenters. The average Bonchev–Trinajstić information content (AvgIpc) is 3.44. The SMILES string of the molecule is Cc1ccc(-n2ncc(C)n2)c(C(=O)N2C[C@@H]3C[C@@H]3C[C@H]2COc2ccc(C(F)(F)F)cn2)n1. The third kappa shape index (κ3) is 4.46. The molecule has 11 heteroatoms. The topological polar surface area (TPSA) is 86.0 Å². The summed E-state index contributed by atoms with van der Waals surface area (Å²) in [5, 5.41) is 8.55. The first kappa shape index (κ1) is 22.3. The number of aryl methyl sites for hydroxylation is 2. The van der Waals surface area contributed by atoms with Crippen LogP contribution in [0.5, 0.6) is 5.88 Å². The summed E-state index contributed by atoms with van der Waals surface area (Å²) < 4.78 is 44.1. The lowest BCUT2D eigenvalue weighted by Gasteiger charge is -2.35. The minimum absolute atomic E-state index is 0.0869. The van der Waals surface area contributed by atoms with Crippen molar-refractivity contribution in [2.75, 3.05) is 13.2 Å². The number of pyridine rings is 2. The molecule has 1 aliphatic carbocycles. The molecule has 0 bridgehead atoms. The third-order valence-electron chi connectivity index (χ3n) is 6.30. The summed E-state index contributed by atoms with van der Waals surface area (Å²) >= 11 is 0. The molecule has 0 aromatic carbocycles. The van der Waals surface area contributed by atoms with Gasteiger partial charge in [-0.25, -0.2) is 9.97 Å². The molecule has 0 unspecified atom stereocenters. The number of alkyl halides is 3. The van der Waals surface area contributed by atoms with Crippen LogP contribution >= 0.6 is 0 Å². The van der Waals surface area contributed by atoms with E-state index in [0.717, 1.165) is 25.1 Å². The highest BCUT2D eigenvalue weighted by Gasteiger charge is 2.48. The summed E-state index contributed by atoms with van der Waals surface area (Å²) in [6, 6.07) is 5.46. The first-order valence-electron chi connectivity index (χ1n) is 11.0. The molecule has 1 aliphatic heterocycles. The van der Waals surface area contributed by atoms with Crippen molar-refractivity contribution in [3.8, 4) is 11.6 Å². The van der Waals surface area contributed by atoms with Gasteiger partial charge < -0.3 is 9.64 Å². The van der Waals surface area contributed by atoms with Gasteiger partial charge in [-0.3, -0.25) is 4.79 Å². The molecular formula is C23H23F3N6O2. The van der Waals surface area contributed by atoms with E-state index in [0.29, 0.717) is 35.5 Å². The van der Waals surface area contributed by atoms with Crippen LogP contribution in [0.4, 0.5) is 13.2 Å². The van der Waals surface area contributed by atoms with Crippen molar-refractivity contribution in [1.29, 1.82) is 0 Å². The van der Waals surface area contributed by atoms with Gasteiger partial charge in [-0.15, -0.1) is 4.80 Å². The van der Waals surface area contributed by atoms with E-state index in [-0.39, 0.29) is 30.1 Å². The van der Waals surface area contributed by atoms with E-state index in [9.17, 15) is 18.0 Å². The Morgan fingerprint density at radius 1 is 1.09 bits per heavy atom. The zero-order chi connectivity index (χ0) is 24.0. The van der Waals surface area contributed by atoms with Crippen molar-refractivity contribution >= 4 is 5.91 Å². The van der Waals surface area contributed by atoms with E-state index in [1.165, 1.54) is 10.9 Å². The smallest absolute Gasteiger partial charge is 0.417 e. The molecule has 8 nitrogen and oxygen atoms in total. The van der Waals surface area contributed by atoms with Gasteiger partial charge in [0, 0.05) is 24.5 Å². The van der Waals surface area contributed by atoms with Gasteiger partial charge in [0.05, 0.1) is 23.5 Å². The quantitative estimate of drug-likeness (QED) is 0.564. The first-order chi connectivity index (χ1) is 16.2. The van der Waals surface area contributed by atoms with Gasteiger partial charge in [-0.2, -0.15) is 23.4 Å². The maximum atomic E-state index is 13.7. The van der Waals surface area contributed by atoms with E-state index in [1.54, 1.807) is 23.2 Å². The maximum absolute atomic E-state index is 13.7. The van der Waals surface area contributed by atoms with E-state index in [4.69, 9.17) is 4.74 Å². The molecule has 0 N–H and O–H groups in total.